The van der Waals surface area contributed by atoms with Gasteiger partial charge in [-0.3, -0.25) is 9.88 Å². The molecular formula is C20H24N6S. The molecule has 1 aliphatic rings. The number of nitrogens with zero attached hydrogens (tertiary/aromatic N) is 6. The third-order valence-electron chi connectivity index (χ3n) is 5.12. The maximum atomic E-state index is 5.61. The molecular weight excluding hydrogens is 356 g/mol. The minimum atomic E-state index is 0.717. The predicted octanol–water partition coefficient (Wildman–Crippen LogP) is 3.10. The van der Waals surface area contributed by atoms with Crippen molar-refractivity contribution in [2.75, 3.05) is 31.1 Å². The highest BCUT2D eigenvalue weighted by molar-refractivity contribution is 7.71. The molecule has 0 aliphatic carbocycles. The SMILES string of the molecule is Cc1ccccc1N1CCN(Cn2nc(-c3cccnc3)n(C)c2=S)CC1. The van der Waals surface area contributed by atoms with Crippen molar-refractivity contribution in [3.8, 4) is 11.4 Å². The van der Waals surface area contributed by atoms with E-state index in [-0.39, 0.29) is 0 Å². The quantitative estimate of drug-likeness (QED) is 0.651. The van der Waals surface area contributed by atoms with Gasteiger partial charge in [0.1, 0.15) is 0 Å². The van der Waals surface area contributed by atoms with Crippen molar-refractivity contribution >= 4 is 17.9 Å². The largest absolute Gasteiger partial charge is 0.369 e. The minimum absolute atomic E-state index is 0.717. The highest BCUT2D eigenvalue weighted by Gasteiger charge is 2.20. The van der Waals surface area contributed by atoms with Crippen molar-refractivity contribution in [3.63, 3.8) is 0 Å². The van der Waals surface area contributed by atoms with Gasteiger partial charge < -0.3 is 9.47 Å². The summed E-state index contributed by atoms with van der Waals surface area (Å²) >= 11 is 5.61. The van der Waals surface area contributed by atoms with E-state index >= 15 is 0 Å². The van der Waals surface area contributed by atoms with Crippen molar-refractivity contribution in [2.24, 2.45) is 7.05 Å². The molecule has 0 saturated carbocycles. The molecule has 1 saturated heterocycles. The number of benzene rings is 1. The topological polar surface area (TPSA) is 42.1 Å². The van der Waals surface area contributed by atoms with E-state index in [1.807, 2.05) is 34.6 Å². The molecule has 6 nitrogen and oxygen atoms in total. The lowest BCUT2D eigenvalue weighted by atomic mass is 10.1. The van der Waals surface area contributed by atoms with Crippen molar-refractivity contribution in [1.29, 1.82) is 0 Å². The second-order valence-electron chi connectivity index (χ2n) is 6.94. The van der Waals surface area contributed by atoms with Gasteiger partial charge in [0, 0.05) is 56.9 Å². The van der Waals surface area contributed by atoms with Crippen LogP contribution in [0.2, 0.25) is 0 Å². The van der Waals surface area contributed by atoms with Gasteiger partial charge >= 0.3 is 0 Å². The Hall–Kier alpha value is -2.51. The molecule has 0 radical (unpaired) electrons. The highest BCUT2D eigenvalue weighted by atomic mass is 32.1. The normalized spacial score (nSPS) is 15.3. The second kappa shape index (κ2) is 7.62. The monoisotopic (exact) mass is 380 g/mol. The molecule has 1 fully saturated rings. The van der Waals surface area contributed by atoms with E-state index in [0.29, 0.717) is 6.67 Å². The molecule has 1 aliphatic heterocycles. The molecule has 0 atom stereocenters. The van der Waals surface area contributed by atoms with Crippen molar-refractivity contribution < 1.29 is 0 Å². The maximum absolute atomic E-state index is 5.61. The summed E-state index contributed by atoms with van der Waals surface area (Å²) in [6, 6.07) is 12.5. The molecule has 2 aromatic heterocycles. The van der Waals surface area contributed by atoms with Crippen LogP contribution in [-0.2, 0) is 13.7 Å². The van der Waals surface area contributed by atoms with Crippen LogP contribution >= 0.6 is 12.2 Å². The van der Waals surface area contributed by atoms with Crippen LogP contribution in [0.25, 0.3) is 11.4 Å². The zero-order chi connectivity index (χ0) is 18.8. The van der Waals surface area contributed by atoms with E-state index in [9.17, 15) is 0 Å². The zero-order valence-corrected chi connectivity index (χ0v) is 16.6. The van der Waals surface area contributed by atoms with Crippen molar-refractivity contribution in [3.05, 3.63) is 59.1 Å². The van der Waals surface area contributed by atoms with Crippen LogP contribution in [0.15, 0.2) is 48.8 Å². The highest BCUT2D eigenvalue weighted by Crippen LogP contribution is 2.21. The van der Waals surface area contributed by atoms with E-state index in [2.05, 4.69) is 46.0 Å². The first-order chi connectivity index (χ1) is 13.1. The predicted molar refractivity (Wildman–Crippen MR) is 110 cm³/mol. The average Bonchev–Trinajstić information content (AvgIpc) is 2.98. The lowest BCUT2D eigenvalue weighted by Gasteiger charge is -2.36. The van der Waals surface area contributed by atoms with Crippen LogP contribution < -0.4 is 4.90 Å². The molecule has 0 amide bonds. The number of pyridine rings is 1. The van der Waals surface area contributed by atoms with Crippen LogP contribution in [0.4, 0.5) is 5.69 Å². The molecule has 4 rings (SSSR count). The summed E-state index contributed by atoms with van der Waals surface area (Å²) in [5, 5.41) is 4.75. The van der Waals surface area contributed by atoms with Crippen LogP contribution in [0, 0.1) is 11.7 Å². The smallest absolute Gasteiger partial charge is 0.199 e. The van der Waals surface area contributed by atoms with Crippen LogP contribution in [0.1, 0.15) is 5.56 Å². The molecule has 0 bridgehead atoms. The third-order valence-corrected chi connectivity index (χ3v) is 5.61. The minimum Gasteiger partial charge on any atom is -0.369 e. The maximum Gasteiger partial charge on any atom is 0.199 e. The van der Waals surface area contributed by atoms with Crippen LogP contribution in [-0.4, -0.2) is 50.4 Å². The first-order valence-corrected chi connectivity index (χ1v) is 9.61. The van der Waals surface area contributed by atoms with Crippen molar-refractivity contribution in [1.82, 2.24) is 24.2 Å². The molecule has 1 aromatic carbocycles. The summed E-state index contributed by atoms with van der Waals surface area (Å²) in [7, 11) is 1.96. The first kappa shape index (κ1) is 17.9. The Morgan fingerprint density at radius 3 is 2.52 bits per heavy atom. The Balaban J connectivity index is 1.45. The number of piperazine rings is 1. The summed E-state index contributed by atoms with van der Waals surface area (Å²) in [6.07, 6.45) is 3.59. The van der Waals surface area contributed by atoms with E-state index in [1.54, 1.807) is 6.20 Å². The van der Waals surface area contributed by atoms with E-state index < -0.39 is 0 Å². The third kappa shape index (κ3) is 3.65. The summed E-state index contributed by atoms with van der Waals surface area (Å²) in [5.74, 6) is 0.853. The van der Waals surface area contributed by atoms with E-state index in [4.69, 9.17) is 17.3 Å². The fourth-order valence-electron chi connectivity index (χ4n) is 3.56. The Kier molecular flexibility index (Phi) is 5.05. The van der Waals surface area contributed by atoms with Gasteiger partial charge in [-0.1, -0.05) is 18.2 Å². The number of anilines is 1. The van der Waals surface area contributed by atoms with Crippen LogP contribution in [0.3, 0.4) is 0 Å². The number of hydrogen-bond acceptors (Lipinski definition) is 5. The first-order valence-electron chi connectivity index (χ1n) is 9.20. The Bertz CT molecular complexity index is 970. The fraction of sp³-hybridized carbons (Fsp3) is 0.350. The Morgan fingerprint density at radius 1 is 1.04 bits per heavy atom. The van der Waals surface area contributed by atoms with E-state index in [1.165, 1.54) is 11.3 Å². The van der Waals surface area contributed by atoms with Gasteiger partial charge in [-0.2, -0.15) is 5.10 Å². The Labute approximate surface area is 164 Å². The molecule has 7 heteroatoms. The summed E-state index contributed by atoms with van der Waals surface area (Å²) in [4.78, 5) is 9.06. The molecule has 0 unspecified atom stereocenters. The molecule has 140 valence electrons. The number of aryl methyl sites for hydroxylation is 1. The molecule has 0 N–H and O–H groups in total. The average molecular weight is 381 g/mol. The van der Waals surface area contributed by atoms with Gasteiger partial charge in [0.15, 0.2) is 10.6 Å². The molecule has 27 heavy (non-hydrogen) atoms. The number of aromatic nitrogens is 4. The van der Waals surface area contributed by atoms with Gasteiger partial charge in [-0.05, 0) is 42.9 Å². The molecule has 0 spiro atoms. The summed E-state index contributed by atoms with van der Waals surface area (Å²) in [5.41, 5.74) is 3.65. The molecule has 3 heterocycles. The molecule has 3 aromatic rings. The zero-order valence-electron chi connectivity index (χ0n) is 15.7. The van der Waals surface area contributed by atoms with Gasteiger partial charge in [0.05, 0.1) is 6.67 Å². The number of hydrogen-bond donors (Lipinski definition) is 0. The van der Waals surface area contributed by atoms with Gasteiger partial charge in [-0.25, -0.2) is 4.68 Å². The van der Waals surface area contributed by atoms with Crippen LogP contribution in [0.5, 0.6) is 0 Å². The van der Waals surface area contributed by atoms with E-state index in [0.717, 1.165) is 42.3 Å². The standard InChI is InChI=1S/C20H24N6S/c1-16-6-3-4-8-18(16)25-12-10-24(11-13-25)15-26-20(27)23(2)19(22-26)17-7-5-9-21-14-17/h3-9,14H,10-13,15H2,1-2H3. The number of rotatable bonds is 4. The summed E-state index contributed by atoms with van der Waals surface area (Å²) < 4.78 is 4.60. The number of para-hydroxylation sites is 1. The Morgan fingerprint density at radius 2 is 1.81 bits per heavy atom. The lowest BCUT2D eigenvalue weighted by molar-refractivity contribution is 0.194. The van der Waals surface area contributed by atoms with Crippen molar-refractivity contribution in [2.45, 2.75) is 13.6 Å². The van der Waals surface area contributed by atoms with Gasteiger partial charge in [0.25, 0.3) is 0 Å². The fourth-order valence-corrected chi connectivity index (χ4v) is 3.75. The van der Waals surface area contributed by atoms with Gasteiger partial charge in [0.2, 0.25) is 0 Å². The van der Waals surface area contributed by atoms with Gasteiger partial charge in [-0.15, -0.1) is 0 Å². The lowest BCUT2D eigenvalue weighted by Crippen LogP contribution is -2.47. The summed E-state index contributed by atoms with van der Waals surface area (Å²) in [6.45, 7) is 6.91. The second-order valence-corrected chi connectivity index (χ2v) is 7.30.